The van der Waals surface area contributed by atoms with E-state index in [0.717, 1.165) is 6.54 Å². The average Bonchev–Trinajstić information content (AvgIpc) is 2.44. The molecular formula is C7H12N2O. The molecule has 0 aromatic carbocycles. The molecule has 1 N–H and O–H groups in total. The van der Waals surface area contributed by atoms with Gasteiger partial charge in [0.15, 0.2) is 0 Å². The van der Waals surface area contributed by atoms with Crippen molar-refractivity contribution in [1.82, 2.24) is 10.2 Å². The number of carbonyl (C=O) groups is 1. The third-order valence-electron chi connectivity index (χ3n) is 2.24. The van der Waals surface area contributed by atoms with E-state index in [1.54, 1.807) is 0 Å². The third kappa shape index (κ3) is 0.904. The number of amides is 1. The molecule has 1 saturated carbocycles. The van der Waals surface area contributed by atoms with E-state index in [4.69, 9.17) is 0 Å². The molecule has 0 radical (unpaired) electrons. The van der Waals surface area contributed by atoms with E-state index in [9.17, 15) is 4.79 Å². The summed E-state index contributed by atoms with van der Waals surface area (Å²) in [6.45, 7) is 1.61. The van der Waals surface area contributed by atoms with Gasteiger partial charge in [-0.15, -0.1) is 0 Å². The van der Waals surface area contributed by atoms with Gasteiger partial charge in [-0.05, 0) is 19.9 Å². The number of likely N-dealkylation sites (N-methyl/N-ethyl adjacent to an activating group) is 1. The maximum absolute atomic E-state index is 11.0. The van der Waals surface area contributed by atoms with E-state index in [-0.39, 0.29) is 11.4 Å². The summed E-state index contributed by atoms with van der Waals surface area (Å²) in [6, 6.07) is 0. The number of carbonyl (C=O) groups excluding carboxylic acids is 1. The summed E-state index contributed by atoms with van der Waals surface area (Å²) in [4.78, 5) is 13.1. The van der Waals surface area contributed by atoms with Gasteiger partial charge >= 0.3 is 0 Å². The first-order valence-corrected chi connectivity index (χ1v) is 3.70. The molecule has 10 heavy (non-hydrogen) atoms. The van der Waals surface area contributed by atoms with Crippen molar-refractivity contribution in [3.63, 3.8) is 0 Å². The van der Waals surface area contributed by atoms with Crippen LogP contribution < -0.4 is 5.32 Å². The zero-order valence-corrected chi connectivity index (χ0v) is 6.18. The van der Waals surface area contributed by atoms with Crippen molar-refractivity contribution in [2.75, 3.05) is 20.1 Å². The number of hydrogen-bond donors (Lipinski definition) is 1. The lowest BCUT2D eigenvalue weighted by Gasteiger charge is -2.30. The lowest BCUT2D eigenvalue weighted by atomic mass is 10.2. The van der Waals surface area contributed by atoms with Gasteiger partial charge in [-0.2, -0.15) is 0 Å². The monoisotopic (exact) mass is 140 g/mol. The first kappa shape index (κ1) is 6.16. The molecule has 2 aliphatic rings. The van der Waals surface area contributed by atoms with E-state index >= 15 is 0 Å². The second kappa shape index (κ2) is 1.72. The Bertz CT molecular complexity index is 174. The van der Waals surface area contributed by atoms with E-state index in [2.05, 4.69) is 10.2 Å². The fourth-order valence-corrected chi connectivity index (χ4v) is 1.63. The summed E-state index contributed by atoms with van der Waals surface area (Å²) in [7, 11) is 2.00. The molecule has 1 heterocycles. The van der Waals surface area contributed by atoms with Crippen LogP contribution in [0.15, 0.2) is 0 Å². The summed E-state index contributed by atoms with van der Waals surface area (Å²) < 4.78 is 0. The molecule has 0 unspecified atom stereocenters. The summed E-state index contributed by atoms with van der Waals surface area (Å²) in [5, 5.41) is 3.02. The molecule has 1 saturated heterocycles. The second-order valence-corrected chi connectivity index (χ2v) is 3.50. The van der Waals surface area contributed by atoms with Crippen molar-refractivity contribution in [3.05, 3.63) is 0 Å². The van der Waals surface area contributed by atoms with Crippen molar-refractivity contribution in [2.45, 2.75) is 18.4 Å². The zero-order valence-electron chi connectivity index (χ0n) is 6.18. The van der Waals surface area contributed by atoms with Crippen LogP contribution in [0.1, 0.15) is 12.8 Å². The molecule has 0 bridgehead atoms. The number of piperazine rings is 1. The summed E-state index contributed by atoms with van der Waals surface area (Å²) in [5.74, 6) is 0.186. The largest absolute Gasteiger partial charge is 0.348 e. The fourth-order valence-electron chi connectivity index (χ4n) is 1.63. The summed E-state index contributed by atoms with van der Waals surface area (Å²) >= 11 is 0. The first-order valence-electron chi connectivity index (χ1n) is 3.70. The van der Waals surface area contributed by atoms with Crippen LogP contribution >= 0.6 is 0 Å². The van der Waals surface area contributed by atoms with Crippen LogP contribution in [0.5, 0.6) is 0 Å². The standard InChI is InChI=1S/C7H12N2O/c1-9-4-6(10)8-7(5-9)2-3-7/h2-5H2,1H3,(H,8,10). The van der Waals surface area contributed by atoms with Gasteiger partial charge in [0.05, 0.1) is 12.1 Å². The van der Waals surface area contributed by atoms with Crippen LogP contribution in [-0.4, -0.2) is 36.5 Å². The lowest BCUT2D eigenvalue weighted by Crippen LogP contribution is -2.54. The molecule has 0 aromatic rings. The second-order valence-electron chi connectivity index (χ2n) is 3.50. The highest BCUT2D eigenvalue weighted by Gasteiger charge is 2.47. The van der Waals surface area contributed by atoms with E-state index in [1.807, 2.05) is 7.05 Å². The molecule has 1 aliphatic heterocycles. The normalized spacial score (nSPS) is 30.3. The van der Waals surface area contributed by atoms with Crippen molar-refractivity contribution in [1.29, 1.82) is 0 Å². The maximum atomic E-state index is 11.0. The Balaban J connectivity index is 2.07. The van der Waals surface area contributed by atoms with Crippen molar-refractivity contribution >= 4 is 5.91 Å². The molecule has 3 nitrogen and oxygen atoms in total. The van der Waals surface area contributed by atoms with Gasteiger partial charge in [0.1, 0.15) is 0 Å². The minimum atomic E-state index is 0.186. The Morgan fingerprint density at radius 2 is 2.30 bits per heavy atom. The predicted molar refractivity (Wildman–Crippen MR) is 37.6 cm³/mol. The van der Waals surface area contributed by atoms with Gasteiger partial charge in [0, 0.05) is 6.54 Å². The SMILES string of the molecule is CN1CC(=O)NC2(CC2)C1. The minimum Gasteiger partial charge on any atom is -0.348 e. The van der Waals surface area contributed by atoms with Gasteiger partial charge in [-0.25, -0.2) is 0 Å². The van der Waals surface area contributed by atoms with Crippen molar-refractivity contribution in [3.8, 4) is 0 Å². The van der Waals surface area contributed by atoms with E-state index in [1.165, 1.54) is 12.8 Å². The Morgan fingerprint density at radius 1 is 1.60 bits per heavy atom. The highest BCUT2D eigenvalue weighted by molar-refractivity contribution is 5.80. The number of rotatable bonds is 0. The fraction of sp³-hybridized carbons (Fsp3) is 0.857. The summed E-state index contributed by atoms with van der Waals surface area (Å²) in [5.41, 5.74) is 0.198. The van der Waals surface area contributed by atoms with Crippen LogP contribution in [0.3, 0.4) is 0 Å². The third-order valence-corrected chi connectivity index (χ3v) is 2.24. The molecule has 3 heteroatoms. The maximum Gasteiger partial charge on any atom is 0.234 e. The number of nitrogens with zero attached hydrogens (tertiary/aromatic N) is 1. The first-order chi connectivity index (χ1) is 4.70. The highest BCUT2D eigenvalue weighted by Crippen LogP contribution is 2.37. The van der Waals surface area contributed by atoms with Crippen LogP contribution in [-0.2, 0) is 4.79 Å². The van der Waals surface area contributed by atoms with Crippen molar-refractivity contribution in [2.24, 2.45) is 0 Å². The molecule has 1 spiro atoms. The predicted octanol–water partition coefficient (Wildman–Crippen LogP) is -0.419. The van der Waals surface area contributed by atoms with Crippen LogP contribution in [0, 0.1) is 0 Å². The van der Waals surface area contributed by atoms with Gasteiger partial charge in [0.25, 0.3) is 0 Å². The molecule has 1 amide bonds. The zero-order chi connectivity index (χ0) is 7.19. The van der Waals surface area contributed by atoms with Gasteiger partial charge in [0.2, 0.25) is 5.91 Å². The average molecular weight is 140 g/mol. The van der Waals surface area contributed by atoms with Gasteiger partial charge < -0.3 is 5.32 Å². The van der Waals surface area contributed by atoms with E-state index < -0.39 is 0 Å². The topological polar surface area (TPSA) is 32.3 Å². The molecule has 56 valence electrons. The van der Waals surface area contributed by atoms with E-state index in [0.29, 0.717) is 6.54 Å². The van der Waals surface area contributed by atoms with Crippen LogP contribution in [0.25, 0.3) is 0 Å². The Kier molecular flexibility index (Phi) is 1.06. The minimum absolute atomic E-state index is 0.186. The lowest BCUT2D eigenvalue weighted by molar-refractivity contribution is -0.125. The number of nitrogens with one attached hydrogen (secondary N) is 1. The van der Waals surface area contributed by atoms with Gasteiger partial charge in [-0.3, -0.25) is 9.69 Å². The Hall–Kier alpha value is -0.570. The van der Waals surface area contributed by atoms with Gasteiger partial charge in [-0.1, -0.05) is 0 Å². The molecule has 0 aromatic heterocycles. The molecule has 1 aliphatic carbocycles. The van der Waals surface area contributed by atoms with Crippen LogP contribution in [0.2, 0.25) is 0 Å². The van der Waals surface area contributed by atoms with Crippen LogP contribution in [0.4, 0.5) is 0 Å². The highest BCUT2D eigenvalue weighted by atomic mass is 16.2. The Labute approximate surface area is 60.4 Å². The molecule has 2 fully saturated rings. The molecule has 0 atom stereocenters. The summed E-state index contributed by atoms with van der Waals surface area (Å²) in [6.07, 6.45) is 2.34. The number of hydrogen-bond acceptors (Lipinski definition) is 2. The smallest absolute Gasteiger partial charge is 0.234 e. The van der Waals surface area contributed by atoms with Crippen molar-refractivity contribution < 1.29 is 4.79 Å². The Morgan fingerprint density at radius 3 is 2.80 bits per heavy atom. The molecular weight excluding hydrogens is 128 g/mol. The quantitative estimate of drug-likeness (QED) is 0.495. The molecule has 2 rings (SSSR count).